The minimum atomic E-state index is -0.258. The van der Waals surface area contributed by atoms with Crippen molar-refractivity contribution in [2.24, 2.45) is 0 Å². The Bertz CT molecular complexity index is 792. The second kappa shape index (κ2) is 7.62. The molecule has 0 spiro atoms. The van der Waals surface area contributed by atoms with Gasteiger partial charge >= 0.3 is 5.69 Å². The summed E-state index contributed by atoms with van der Waals surface area (Å²) in [5, 5.41) is 0. The summed E-state index contributed by atoms with van der Waals surface area (Å²) in [7, 11) is 2.10. The first-order valence-corrected chi connectivity index (χ1v) is 8.72. The molecule has 1 aromatic carbocycles. The zero-order valence-corrected chi connectivity index (χ0v) is 14.3. The van der Waals surface area contributed by atoms with Crippen LogP contribution in [0.4, 0.5) is 0 Å². The van der Waals surface area contributed by atoms with Gasteiger partial charge in [-0.25, -0.2) is 4.79 Å². The number of nitrogens with one attached hydrogen (secondary N) is 1. The summed E-state index contributed by atoms with van der Waals surface area (Å²) in [5.74, 6) is 0. The molecule has 0 saturated carbocycles. The van der Waals surface area contributed by atoms with Crippen molar-refractivity contribution in [2.75, 3.05) is 13.6 Å². The van der Waals surface area contributed by atoms with Crippen molar-refractivity contribution in [3.63, 3.8) is 0 Å². The molecule has 5 nitrogen and oxygen atoms in total. The number of benzene rings is 1. The van der Waals surface area contributed by atoms with Crippen molar-refractivity contribution in [1.29, 1.82) is 0 Å². The van der Waals surface area contributed by atoms with Crippen LogP contribution in [0.1, 0.15) is 36.1 Å². The molecule has 128 valence electrons. The molecule has 2 aromatic rings. The van der Waals surface area contributed by atoms with Crippen LogP contribution in [0.5, 0.6) is 0 Å². The number of hydrogen-bond donors (Lipinski definition) is 1. The molecule has 0 aliphatic heterocycles. The summed E-state index contributed by atoms with van der Waals surface area (Å²) in [6.45, 7) is 2.48. The lowest BCUT2D eigenvalue weighted by Gasteiger charge is -2.21. The molecule has 1 aromatic heterocycles. The first kappa shape index (κ1) is 16.7. The average Bonchev–Trinajstić information content (AvgIpc) is 2.59. The third kappa shape index (κ3) is 3.85. The molecule has 0 amide bonds. The number of fused-ring (bicyclic) bond motifs is 1. The Kier molecular flexibility index (Phi) is 5.30. The summed E-state index contributed by atoms with van der Waals surface area (Å²) in [4.78, 5) is 28.9. The summed E-state index contributed by atoms with van der Waals surface area (Å²) in [6, 6.07) is 10.4. The van der Waals surface area contributed by atoms with Crippen LogP contribution in [0.2, 0.25) is 0 Å². The highest BCUT2D eigenvalue weighted by atomic mass is 16.2. The van der Waals surface area contributed by atoms with Crippen LogP contribution in [0.15, 0.2) is 39.9 Å². The summed E-state index contributed by atoms with van der Waals surface area (Å²) < 4.78 is 1.78. The number of nitrogens with zero attached hydrogens (tertiary/aromatic N) is 2. The van der Waals surface area contributed by atoms with E-state index in [0.29, 0.717) is 6.54 Å². The van der Waals surface area contributed by atoms with Crippen LogP contribution in [-0.4, -0.2) is 28.0 Å². The van der Waals surface area contributed by atoms with Crippen molar-refractivity contribution in [2.45, 2.75) is 45.2 Å². The maximum Gasteiger partial charge on any atom is 0.328 e. The lowest BCUT2D eigenvalue weighted by Crippen LogP contribution is -2.37. The molecule has 0 bridgehead atoms. The Morgan fingerprint density at radius 3 is 2.67 bits per heavy atom. The normalized spacial score (nSPS) is 13.9. The van der Waals surface area contributed by atoms with E-state index in [0.717, 1.165) is 56.5 Å². The Balaban J connectivity index is 1.63. The van der Waals surface area contributed by atoms with E-state index in [1.165, 1.54) is 5.56 Å². The van der Waals surface area contributed by atoms with Crippen molar-refractivity contribution >= 4 is 0 Å². The van der Waals surface area contributed by atoms with Crippen molar-refractivity contribution in [3.8, 4) is 0 Å². The third-order valence-electron chi connectivity index (χ3n) is 4.72. The molecular weight excluding hydrogens is 302 g/mol. The predicted molar refractivity (Wildman–Crippen MR) is 95.4 cm³/mol. The summed E-state index contributed by atoms with van der Waals surface area (Å²) >= 11 is 0. The van der Waals surface area contributed by atoms with Gasteiger partial charge in [-0.05, 0) is 51.3 Å². The molecule has 0 radical (unpaired) electrons. The maximum atomic E-state index is 12.2. The van der Waals surface area contributed by atoms with E-state index < -0.39 is 0 Å². The standard InChI is InChI=1S/C19H25N3O2/c1-21(14-15-8-3-2-4-9-15)12-7-13-22-17-11-6-5-10-16(17)18(23)20-19(22)24/h2-4,8-9H,5-7,10-14H2,1H3,(H,20,23,24). The summed E-state index contributed by atoms with van der Waals surface area (Å²) in [6.07, 6.45) is 4.62. The minimum absolute atomic E-state index is 0.188. The highest BCUT2D eigenvalue weighted by molar-refractivity contribution is 5.20. The van der Waals surface area contributed by atoms with Crippen LogP contribution in [0.25, 0.3) is 0 Å². The Hall–Kier alpha value is -2.14. The Labute approximate surface area is 141 Å². The van der Waals surface area contributed by atoms with Gasteiger partial charge in [0, 0.05) is 24.3 Å². The van der Waals surface area contributed by atoms with E-state index in [1.54, 1.807) is 4.57 Å². The van der Waals surface area contributed by atoms with E-state index in [4.69, 9.17) is 0 Å². The van der Waals surface area contributed by atoms with E-state index in [2.05, 4.69) is 41.2 Å². The fourth-order valence-electron chi connectivity index (χ4n) is 3.50. The topological polar surface area (TPSA) is 58.1 Å². The molecule has 3 rings (SSSR count). The van der Waals surface area contributed by atoms with Gasteiger partial charge in [-0.15, -0.1) is 0 Å². The molecule has 0 unspecified atom stereocenters. The molecule has 1 heterocycles. The summed E-state index contributed by atoms with van der Waals surface area (Å²) in [5.41, 5.74) is 2.62. The molecule has 0 saturated heterocycles. The van der Waals surface area contributed by atoms with Crippen LogP contribution >= 0.6 is 0 Å². The lowest BCUT2D eigenvalue weighted by atomic mass is 9.97. The van der Waals surface area contributed by atoms with Crippen LogP contribution < -0.4 is 11.2 Å². The van der Waals surface area contributed by atoms with E-state index in [-0.39, 0.29) is 11.2 Å². The third-order valence-corrected chi connectivity index (χ3v) is 4.72. The Morgan fingerprint density at radius 2 is 1.88 bits per heavy atom. The van der Waals surface area contributed by atoms with Gasteiger partial charge in [0.1, 0.15) is 0 Å². The molecular formula is C19H25N3O2. The van der Waals surface area contributed by atoms with Gasteiger partial charge in [-0.3, -0.25) is 14.3 Å². The number of rotatable bonds is 6. The van der Waals surface area contributed by atoms with Gasteiger partial charge in [0.15, 0.2) is 0 Å². The number of hydrogen-bond acceptors (Lipinski definition) is 3. The predicted octanol–water partition coefficient (Wildman–Crippen LogP) is 1.94. The quantitative estimate of drug-likeness (QED) is 0.882. The van der Waals surface area contributed by atoms with Crippen molar-refractivity contribution < 1.29 is 0 Å². The van der Waals surface area contributed by atoms with Crippen LogP contribution in [-0.2, 0) is 25.9 Å². The van der Waals surface area contributed by atoms with Gasteiger partial charge in [-0.1, -0.05) is 30.3 Å². The highest BCUT2D eigenvalue weighted by Crippen LogP contribution is 2.16. The highest BCUT2D eigenvalue weighted by Gasteiger charge is 2.17. The number of aromatic amines is 1. The first-order valence-electron chi connectivity index (χ1n) is 8.72. The zero-order valence-electron chi connectivity index (χ0n) is 14.3. The smallest absolute Gasteiger partial charge is 0.302 e. The average molecular weight is 327 g/mol. The fourth-order valence-corrected chi connectivity index (χ4v) is 3.50. The second-order valence-electron chi connectivity index (χ2n) is 6.62. The van der Waals surface area contributed by atoms with Gasteiger partial charge < -0.3 is 4.90 Å². The largest absolute Gasteiger partial charge is 0.328 e. The maximum absolute atomic E-state index is 12.2. The molecule has 24 heavy (non-hydrogen) atoms. The zero-order chi connectivity index (χ0) is 16.9. The van der Waals surface area contributed by atoms with E-state index >= 15 is 0 Å². The van der Waals surface area contributed by atoms with Crippen LogP contribution in [0, 0.1) is 0 Å². The van der Waals surface area contributed by atoms with Crippen molar-refractivity contribution in [1.82, 2.24) is 14.5 Å². The van der Waals surface area contributed by atoms with Crippen LogP contribution in [0.3, 0.4) is 0 Å². The van der Waals surface area contributed by atoms with Gasteiger partial charge in [0.05, 0.1) is 0 Å². The molecule has 1 aliphatic carbocycles. The number of H-pyrrole nitrogens is 1. The first-order chi connectivity index (χ1) is 11.6. The molecule has 0 fully saturated rings. The second-order valence-corrected chi connectivity index (χ2v) is 6.62. The molecule has 0 atom stereocenters. The molecule has 5 heteroatoms. The van der Waals surface area contributed by atoms with E-state index in [9.17, 15) is 9.59 Å². The van der Waals surface area contributed by atoms with Gasteiger partial charge in [0.25, 0.3) is 5.56 Å². The van der Waals surface area contributed by atoms with Gasteiger partial charge in [-0.2, -0.15) is 0 Å². The van der Waals surface area contributed by atoms with E-state index in [1.807, 2.05) is 6.07 Å². The SMILES string of the molecule is CN(CCCn1c2c(c(=O)[nH]c1=O)CCCC2)Cc1ccccc1. The fraction of sp³-hybridized carbons (Fsp3) is 0.474. The molecule has 1 aliphatic rings. The Morgan fingerprint density at radius 1 is 1.12 bits per heavy atom. The number of aromatic nitrogens is 2. The van der Waals surface area contributed by atoms with Gasteiger partial charge in [0.2, 0.25) is 0 Å². The monoisotopic (exact) mass is 327 g/mol. The lowest BCUT2D eigenvalue weighted by molar-refractivity contribution is 0.311. The van der Waals surface area contributed by atoms with Crippen molar-refractivity contribution in [3.05, 3.63) is 68.0 Å². The minimum Gasteiger partial charge on any atom is -0.302 e. The molecule has 1 N–H and O–H groups in total.